The maximum Gasteiger partial charge on any atom is 0.341 e. The summed E-state index contributed by atoms with van der Waals surface area (Å²) in [6, 6.07) is -5.13. The number of nitrogens with two attached hydrogens (primary N) is 5. The molecule has 4 fully saturated rings. The number of nitrogens with zero attached hydrogens (tertiary/aromatic N) is 1. The van der Waals surface area contributed by atoms with E-state index < -0.39 is 122 Å². The highest BCUT2D eigenvalue weighted by Crippen LogP contribution is 2.34. The van der Waals surface area contributed by atoms with Gasteiger partial charge in [0.2, 0.25) is 0 Å². The van der Waals surface area contributed by atoms with E-state index >= 15 is 0 Å². The number of rotatable bonds is 15. The van der Waals surface area contributed by atoms with E-state index in [0.29, 0.717) is 44.1 Å². The number of ether oxygens (including phenoxy) is 6. The van der Waals surface area contributed by atoms with Crippen LogP contribution in [-0.4, -0.2) is 209 Å². The Labute approximate surface area is 318 Å². The first kappa shape index (κ1) is 44.3. The van der Waals surface area contributed by atoms with Crippen LogP contribution in [0.25, 0.3) is 0 Å². The van der Waals surface area contributed by atoms with Gasteiger partial charge in [0.25, 0.3) is 0 Å². The van der Waals surface area contributed by atoms with Gasteiger partial charge in [-0.3, -0.25) is 5.21 Å². The molecule has 4 heterocycles. The first-order valence-electron chi connectivity index (χ1n) is 18.7. The summed E-state index contributed by atoms with van der Waals surface area (Å²) in [5.41, 5.74) is 29.3. The second kappa shape index (κ2) is 19.8. The van der Waals surface area contributed by atoms with E-state index in [2.05, 4.69) is 16.0 Å². The van der Waals surface area contributed by atoms with Crippen molar-refractivity contribution in [3.05, 3.63) is 12.2 Å². The summed E-state index contributed by atoms with van der Waals surface area (Å²) in [4.78, 5) is 12.7. The first-order valence-corrected chi connectivity index (χ1v) is 18.7. The van der Waals surface area contributed by atoms with Crippen molar-refractivity contribution < 1.29 is 69.1 Å². The fraction of sp³-hybridized carbons (Fsp3) is 0.906. The molecule has 0 bridgehead atoms. The van der Waals surface area contributed by atoms with Crippen molar-refractivity contribution >= 4 is 6.03 Å². The highest BCUT2D eigenvalue weighted by Gasteiger charge is 2.54. The van der Waals surface area contributed by atoms with Crippen LogP contribution in [0.4, 0.5) is 4.79 Å². The van der Waals surface area contributed by atoms with Crippen molar-refractivity contribution in [1.29, 1.82) is 0 Å². The van der Waals surface area contributed by atoms with Crippen molar-refractivity contribution in [1.82, 2.24) is 21.0 Å². The van der Waals surface area contributed by atoms with E-state index in [1.54, 1.807) is 12.2 Å². The number of amides is 2. The van der Waals surface area contributed by atoms with Gasteiger partial charge in [-0.25, -0.2) is 9.86 Å². The lowest BCUT2D eigenvalue weighted by molar-refractivity contribution is -0.284. The Morgan fingerprint density at radius 3 is 2.22 bits per heavy atom. The maximum absolute atomic E-state index is 12.7. The van der Waals surface area contributed by atoms with Crippen LogP contribution >= 0.6 is 0 Å². The van der Waals surface area contributed by atoms with Crippen LogP contribution < -0.4 is 44.6 Å². The largest absolute Gasteiger partial charge is 0.394 e. The molecule has 23 nitrogen and oxygen atoms in total. The molecule has 1 aliphatic carbocycles. The van der Waals surface area contributed by atoms with Gasteiger partial charge in [-0.1, -0.05) is 12.2 Å². The molecule has 0 radical (unpaired) electrons. The standard InChI is InChI=1S/C32H61N9O14/c33-5-8-41(49)31(47)40-17-9-16(36)25(53-28-15(35)2-1-14(50-28)11-39-13-32(48)3-6-38-7-4-32)27(21(17)43)55-30-24(46)26(19(12-42)52-30)54-29-20(37)23(45)22(44)18(10-34)51-29/h1-2,14-30,38-39,42-46,48-49H,3-13,33-37H2,(H,40,47)/t14-,15+,16-,17+,18-,19+,20+,21-,22+,23+,24+,25+,26+,27+,28+,29+,30-/m0/s1. The summed E-state index contributed by atoms with van der Waals surface area (Å²) in [5.74, 6) is 0. The Kier molecular flexibility index (Phi) is 15.9. The zero-order valence-corrected chi connectivity index (χ0v) is 30.6. The van der Waals surface area contributed by atoms with Gasteiger partial charge in [-0.2, -0.15) is 0 Å². The van der Waals surface area contributed by atoms with Crippen LogP contribution in [-0.2, 0) is 28.4 Å². The third-order valence-corrected chi connectivity index (χ3v) is 10.7. The number of aliphatic hydroxyl groups excluding tert-OH is 5. The van der Waals surface area contributed by atoms with Crippen molar-refractivity contribution in [2.24, 2.45) is 28.7 Å². The number of carbonyl (C=O) groups is 1. The maximum atomic E-state index is 12.7. The van der Waals surface area contributed by atoms with Crippen molar-refractivity contribution in [3.8, 4) is 0 Å². The van der Waals surface area contributed by atoms with Gasteiger partial charge in [-0.15, -0.1) is 0 Å². The van der Waals surface area contributed by atoms with E-state index in [1.165, 1.54) is 0 Å². The molecular formula is C32H61N9O14. The smallest absolute Gasteiger partial charge is 0.341 e. The number of hydrogen-bond donors (Lipinski definition) is 15. The summed E-state index contributed by atoms with van der Waals surface area (Å²) in [6.07, 6.45) is -12.6. The number of aliphatic hydroxyl groups is 6. The summed E-state index contributed by atoms with van der Waals surface area (Å²) in [6.45, 7) is 0.957. The second-order valence-corrected chi connectivity index (χ2v) is 14.8. The lowest BCUT2D eigenvalue weighted by Gasteiger charge is -2.46. The number of nitrogens with one attached hydrogen (secondary N) is 3. The molecule has 2 amide bonds. The molecule has 318 valence electrons. The number of hydroxylamine groups is 2. The molecule has 0 aromatic heterocycles. The van der Waals surface area contributed by atoms with Crippen LogP contribution in [0.1, 0.15) is 19.3 Å². The number of urea groups is 1. The Morgan fingerprint density at radius 2 is 1.55 bits per heavy atom. The average molecular weight is 796 g/mol. The summed E-state index contributed by atoms with van der Waals surface area (Å²) in [7, 11) is 0. The summed E-state index contributed by atoms with van der Waals surface area (Å²) in [5, 5.41) is 84.3. The second-order valence-electron chi connectivity index (χ2n) is 14.8. The average Bonchev–Trinajstić information content (AvgIpc) is 3.46. The Morgan fingerprint density at radius 1 is 0.873 bits per heavy atom. The highest BCUT2D eigenvalue weighted by molar-refractivity contribution is 5.73. The van der Waals surface area contributed by atoms with Gasteiger partial charge in [0, 0.05) is 32.2 Å². The minimum Gasteiger partial charge on any atom is -0.394 e. The first-order chi connectivity index (χ1) is 26.2. The quantitative estimate of drug-likeness (QED) is 0.0416. The molecule has 0 aromatic carbocycles. The Bertz CT molecular complexity index is 1240. The van der Waals surface area contributed by atoms with Gasteiger partial charge in [0.05, 0.1) is 43.0 Å². The third-order valence-electron chi connectivity index (χ3n) is 10.7. The molecule has 4 aliphatic heterocycles. The van der Waals surface area contributed by atoms with E-state index in [-0.39, 0.29) is 26.1 Å². The molecule has 0 spiro atoms. The number of piperidine rings is 1. The fourth-order valence-electron chi connectivity index (χ4n) is 7.44. The fourth-order valence-corrected chi connectivity index (χ4v) is 7.44. The van der Waals surface area contributed by atoms with Crippen molar-refractivity contribution in [2.75, 3.05) is 52.4 Å². The SMILES string of the molecule is NCCN(O)C(=O)N[C@@H]1C[C@H](N)[C@@H](O[C@H]2O[C@H](CNCC3(O)CCNCC3)C=C[C@H]2N)[C@H](O[C@@H]2O[C@H](CO)[C@@H](O[C@H]3O[C@@H](CN)[C@@H](O)[C@H](O)[C@H]3N)[C@H]2O)[C@H]1O. The van der Waals surface area contributed by atoms with Gasteiger partial charge in [-0.05, 0) is 32.4 Å². The molecule has 17 atom stereocenters. The van der Waals surface area contributed by atoms with E-state index in [0.717, 1.165) is 0 Å². The van der Waals surface area contributed by atoms with E-state index in [9.17, 15) is 40.6 Å². The lowest BCUT2D eigenvalue weighted by atomic mass is 9.83. The van der Waals surface area contributed by atoms with Gasteiger partial charge in [0.15, 0.2) is 18.9 Å². The van der Waals surface area contributed by atoms with Gasteiger partial charge < -0.3 is 104 Å². The molecule has 1 saturated carbocycles. The van der Waals surface area contributed by atoms with Crippen molar-refractivity contribution in [2.45, 2.75) is 129 Å². The van der Waals surface area contributed by atoms with Crippen molar-refractivity contribution in [3.63, 3.8) is 0 Å². The zero-order valence-electron chi connectivity index (χ0n) is 30.6. The van der Waals surface area contributed by atoms with E-state index in [4.69, 9.17) is 57.1 Å². The highest BCUT2D eigenvalue weighted by atomic mass is 16.8. The van der Waals surface area contributed by atoms with Gasteiger partial charge >= 0.3 is 6.03 Å². The molecule has 3 saturated heterocycles. The van der Waals surface area contributed by atoms with Crippen LogP contribution in [0.3, 0.4) is 0 Å². The molecule has 5 aliphatic rings. The molecule has 20 N–H and O–H groups in total. The molecule has 5 rings (SSSR count). The van der Waals surface area contributed by atoms with Crippen LogP contribution in [0.15, 0.2) is 12.2 Å². The van der Waals surface area contributed by atoms with E-state index in [1.807, 2.05) is 0 Å². The Balaban J connectivity index is 1.31. The van der Waals surface area contributed by atoms with Gasteiger partial charge in [0.1, 0.15) is 54.9 Å². The number of carbonyl (C=O) groups excluding carboxylic acids is 1. The molecule has 0 aromatic rings. The summed E-state index contributed by atoms with van der Waals surface area (Å²) >= 11 is 0. The number of hydrogen-bond acceptors (Lipinski definition) is 21. The van der Waals surface area contributed by atoms with Crippen LogP contribution in [0.2, 0.25) is 0 Å². The van der Waals surface area contributed by atoms with Crippen LogP contribution in [0, 0.1) is 0 Å². The lowest BCUT2D eigenvalue weighted by Crippen LogP contribution is -2.67. The third kappa shape index (κ3) is 10.6. The Hall–Kier alpha value is -1.79. The molecule has 55 heavy (non-hydrogen) atoms. The molecular weight excluding hydrogens is 734 g/mol. The summed E-state index contributed by atoms with van der Waals surface area (Å²) < 4.78 is 36.0. The molecule has 23 heteroatoms. The normalized spacial score (nSPS) is 43.3. The monoisotopic (exact) mass is 795 g/mol. The minimum absolute atomic E-state index is 0.0430. The predicted octanol–water partition coefficient (Wildman–Crippen LogP) is -7.91. The predicted molar refractivity (Wildman–Crippen MR) is 188 cm³/mol. The zero-order chi connectivity index (χ0) is 40.0. The molecule has 0 unspecified atom stereocenters. The topological polar surface area (TPSA) is 383 Å². The minimum atomic E-state index is -1.67. The van der Waals surface area contributed by atoms with Crippen LogP contribution in [0.5, 0.6) is 0 Å².